The molecule has 0 bridgehead atoms. The van der Waals surface area contributed by atoms with E-state index in [0.717, 1.165) is 12.3 Å². The number of urea groups is 1. The predicted molar refractivity (Wildman–Crippen MR) is 97.0 cm³/mol. The molecule has 0 aliphatic carbocycles. The Morgan fingerprint density at radius 3 is 2.62 bits per heavy atom. The molecule has 2 amide bonds. The molecule has 142 valence electrons. The first-order chi connectivity index (χ1) is 12.2. The average Bonchev–Trinajstić information content (AvgIpc) is 3.03. The molecule has 1 atom stereocenters. The maximum Gasteiger partial charge on any atom is 0.319 e. The summed E-state index contributed by atoms with van der Waals surface area (Å²) in [6, 6.07) is 6.25. The van der Waals surface area contributed by atoms with Gasteiger partial charge in [-0.25, -0.2) is 17.6 Å². The Morgan fingerprint density at radius 1 is 1.31 bits per heavy atom. The number of amides is 2. The van der Waals surface area contributed by atoms with Crippen LogP contribution >= 0.6 is 0 Å². The second kappa shape index (κ2) is 8.19. The monoisotopic (exact) mass is 384 g/mol. The Balaban J connectivity index is 2.02. The fraction of sp³-hybridized carbons (Fsp3) is 0.312. The number of sulfonamides is 1. The van der Waals surface area contributed by atoms with Crippen molar-refractivity contribution in [1.82, 2.24) is 10.2 Å². The number of nitrogens with zero attached hydrogens (tertiary/aromatic N) is 1. The Labute approximate surface area is 151 Å². The van der Waals surface area contributed by atoms with Crippen molar-refractivity contribution in [2.75, 3.05) is 36.9 Å². The van der Waals surface area contributed by atoms with Crippen molar-refractivity contribution >= 4 is 27.4 Å². The number of likely N-dealkylation sites (N-methyl/N-ethyl adjacent to an activating group) is 1. The van der Waals surface area contributed by atoms with Gasteiger partial charge in [-0.3, -0.25) is 9.62 Å². The summed E-state index contributed by atoms with van der Waals surface area (Å²) in [7, 11) is 0.172. The quantitative estimate of drug-likeness (QED) is 0.679. The lowest BCUT2D eigenvalue weighted by molar-refractivity contribution is 0.233. The van der Waals surface area contributed by atoms with Crippen LogP contribution in [0.15, 0.2) is 41.0 Å². The largest absolute Gasteiger partial charge is 0.468 e. The van der Waals surface area contributed by atoms with E-state index in [2.05, 4.69) is 15.4 Å². The molecule has 26 heavy (non-hydrogen) atoms. The molecular weight excluding hydrogens is 363 g/mol. The third-order valence-electron chi connectivity index (χ3n) is 3.47. The number of carbonyl (C=O) groups excluding carboxylic acids is 1. The van der Waals surface area contributed by atoms with Crippen LogP contribution in [0.1, 0.15) is 11.8 Å². The highest BCUT2D eigenvalue weighted by Gasteiger charge is 2.18. The Bertz CT molecular complexity index is 853. The van der Waals surface area contributed by atoms with Gasteiger partial charge in [0.25, 0.3) is 0 Å². The highest BCUT2D eigenvalue weighted by molar-refractivity contribution is 7.92. The van der Waals surface area contributed by atoms with Crippen molar-refractivity contribution in [3.05, 3.63) is 48.2 Å². The van der Waals surface area contributed by atoms with Crippen molar-refractivity contribution in [3.8, 4) is 0 Å². The Hall–Kier alpha value is -2.59. The van der Waals surface area contributed by atoms with Crippen LogP contribution in [-0.4, -0.2) is 46.2 Å². The third kappa shape index (κ3) is 5.74. The fourth-order valence-electron chi connectivity index (χ4n) is 2.27. The van der Waals surface area contributed by atoms with Gasteiger partial charge in [0.15, 0.2) is 0 Å². The van der Waals surface area contributed by atoms with Crippen molar-refractivity contribution in [2.45, 2.75) is 6.04 Å². The lowest BCUT2D eigenvalue weighted by Gasteiger charge is -2.22. The van der Waals surface area contributed by atoms with Crippen LogP contribution < -0.4 is 15.4 Å². The number of benzene rings is 1. The normalized spacial score (nSPS) is 12.7. The molecule has 0 aliphatic rings. The minimum atomic E-state index is -3.51. The molecule has 0 spiro atoms. The summed E-state index contributed by atoms with van der Waals surface area (Å²) in [6.07, 6.45) is 2.52. The van der Waals surface area contributed by atoms with Gasteiger partial charge in [0.2, 0.25) is 10.0 Å². The number of halogens is 1. The number of rotatable bonds is 7. The van der Waals surface area contributed by atoms with Gasteiger partial charge in [-0.05, 0) is 44.4 Å². The minimum Gasteiger partial charge on any atom is -0.468 e. The highest BCUT2D eigenvalue weighted by atomic mass is 32.2. The smallest absolute Gasteiger partial charge is 0.319 e. The van der Waals surface area contributed by atoms with E-state index in [0.29, 0.717) is 5.76 Å². The standard InChI is InChI=1S/C16H21FN4O4S/c1-21(2)14(15-5-4-8-25-15)10-18-16(22)19-13-9-11(6-7-12(13)17)20-26(3,23)24/h4-9,14,20H,10H2,1-3H3,(H2,18,19,22)/t14-/m0/s1. The Morgan fingerprint density at radius 2 is 2.04 bits per heavy atom. The SMILES string of the molecule is CN(C)[C@@H](CNC(=O)Nc1cc(NS(C)(=O)=O)ccc1F)c1ccco1. The highest BCUT2D eigenvalue weighted by Crippen LogP contribution is 2.21. The van der Waals surface area contributed by atoms with Gasteiger partial charge in [0.05, 0.1) is 29.9 Å². The zero-order valence-electron chi connectivity index (χ0n) is 14.6. The van der Waals surface area contributed by atoms with Gasteiger partial charge < -0.3 is 15.1 Å². The molecule has 1 aromatic heterocycles. The van der Waals surface area contributed by atoms with E-state index in [1.165, 1.54) is 12.1 Å². The van der Waals surface area contributed by atoms with Gasteiger partial charge in [-0.2, -0.15) is 0 Å². The lowest BCUT2D eigenvalue weighted by Crippen LogP contribution is -2.36. The molecule has 0 radical (unpaired) electrons. The predicted octanol–water partition coefficient (Wildman–Crippen LogP) is 2.21. The minimum absolute atomic E-state index is 0.143. The molecule has 1 aromatic carbocycles. The molecule has 2 aromatic rings. The zero-order chi connectivity index (χ0) is 19.3. The van der Waals surface area contributed by atoms with E-state index in [4.69, 9.17) is 4.42 Å². The molecule has 8 nitrogen and oxygen atoms in total. The van der Waals surface area contributed by atoms with E-state index in [9.17, 15) is 17.6 Å². The van der Waals surface area contributed by atoms with E-state index in [-0.39, 0.29) is 24.0 Å². The summed E-state index contributed by atoms with van der Waals surface area (Å²) < 4.78 is 44.0. The second-order valence-corrected chi connectivity index (χ2v) is 7.65. The molecule has 0 saturated carbocycles. The topological polar surface area (TPSA) is 104 Å². The second-order valence-electron chi connectivity index (χ2n) is 5.90. The van der Waals surface area contributed by atoms with Gasteiger partial charge in [-0.1, -0.05) is 0 Å². The molecule has 0 fully saturated rings. The third-order valence-corrected chi connectivity index (χ3v) is 4.08. The first-order valence-electron chi connectivity index (χ1n) is 7.68. The summed E-state index contributed by atoms with van der Waals surface area (Å²) >= 11 is 0. The van der Waals surface area contributed by atoms with E-state index >= 15 is 0 Å². The average molecular weight is 384 g/mol. The van der Waals surface area contributed by atoms with E-state index < -0.39 is 21.9 Å². The molecule has 1 heterocycles. The summed E-state index contributed by atoms with van der Waals surface area (Å²) in [4.78, 5) is 14.0. The molecule has 3 N–H and O–H groups in total. The van der Waals surface area contributed by atoms with Crippen LogP contribution in [0, 0.1) is 5.82 Å². The van der Waals surface area contributed by atoms with Gasteiger partial charge in [0.1, 0.15) is 11.6 Å². The first-order valence-corrected chi connectivity index (χ1v) is 9.57. The molecule has 0 aliphatic heterocycles. The first kappa shape index (κ1) is 19.7. The summed E-state index contributed by atoms with van der Waals surface area (Å²) in [6.45, 7) is 0.231. The lowest BCUT2D eigenvalue weighted by atomic mass is 10.2. The van der Waals surface area contributed by atoms with E-state index in [1.54, 1.807) is 18.4 Å². The number of hydrogen-bond acceptors (Lipinski definition) is 5. The maximum atomic E-state index is 13.9. The van der Waals surface area contributed by atoms with Crippen LogP contribution in [0.3, 0.4) is 0 Å². The molecule has 0 unspecified atom stereocenters. The Kier molecular flexibility index (Phi) is 6.22. The van der Waals surface area contributed by atoms with Crippen molar-refractivity contribution in [2.24, 2.45) is 0 Å². The number of hydrogen-bond donors (Lipinski definition) is 3. The fourth-order valence-corrected chi connectivity index (χ4v) is 2.83. The van der Waals surface area contributed by atoms with Gasteiger partial charge in [-0.15, -0.1) is 0 Å². The summed E-state index contributed by atoms with van der Waals surface area (Å²) in [5.74, 6) is -0.00442. The van der Waals surface area contributed by atoms with Crippen LogP contribution in [-0.2, 0) is 10.0 Å². The number of nitrogens with one attached hydrogen (secondary N) is 3. The van der Waals surface area contributed by atoms with Crippen molar-refractivity contribution in [3.63, 3.8) is 0 Å². The van der Waals surface area contributed by atoms with E-state index in [1.807, 2.05) is 19.0 Å². The number of furan rings is 1. The number of anilines is 2. The van der Waals surface area contributed by atoms with Crippen molar-refractivity contribution < 1.29 is 22.0 Å². The molecular formula is C16H21FN4O4S. The summed E-state index contributed by atoms with van der Waals surface area (Å²) in [5, 5.41) is 5.01. The van der Waals surface area contributed by atoms with Crippen LogP contribution in [0.2, 0.25) is 0 Å². The van der Waals surface area contributed by atoms with Crippen LogP contribution in [0.4, 0.5) is 20.6 Å². The molecule has 10 heteroatoms. The molecule has 2 rings (SSSR count). The van der Waals surface area contributed by atoms with Crippen LogP contribution in [0.25, 0.3) is 0 Å². The van der Waals surface area contributed by atoms with Gasteiger partial charge in [0, 0.05) is 6.54 Å². The number of carbonyl (C=O) groups is 1. The van der Waals surface area contributed by atoms with Gasteiger partial charge >= 0.3 is 6.03 Å². The maximum absolute atomic E-state index is 13.9. The zero-order valence-corrected chi connectivity index (χ0v) is 15.4. The summed E-state index contributed by atoms with van der Waals surface area (Å²) in [5.41, 5.74) is 0.00139. The van der Waals surface area contributed by atoms with Crippen molar-refractivity contribution in [1.29, 1.82) is 0 Å². The molecule has 0 saturated heterocycles. The van der Waals surface area contributed by atoms with Crippen LogP contribution in [0.5, 0.6) is 0 Å².